The predicted molar refractivity (Wildman–Crippen MR) is 83.9 cm³/mol. The summed E-state index contributed by atoms with van der Waals surface area (Å²) in [4.78, 5) is 8.71. The van der Waals surface area contributed by atoms with Crippen molar-refractivity contribution in [2.45, 2.75) is 19.9 Å². The normalized spacial score (nSPS) is 10.8. The van der Waals surface area contributed by atoms with Crippen LogP contribution in [0.15, 0.2) is 42.9 Å². The molecule has 0 saturated heterocycles. The highest BCUT2D eigenvalue weighted by Crippen LogP contribution is 2.17. The lowest BCUT2D eigenvalue weighted by Crippen LogP contribution is -2.12. The van der Waals surface area contributed by atoms with Gasteiger partial charge in [-0.1, -0.05) is 31.2 Å². The predicted octanol–water partition coefficient (Wildman–Crippen LogP) is 2.19. The molecule has 2 aromatic heterocycles. The fourth-order valence-corrected chi connectivity index (χ4v) is 2.20. The number of aryl methyl sites for hydroxylation is 1. The first-order valence-corrected chi connectivity index (χ1v) is 6.92. The van der Waals surface area contributed by atoms with Crippen LogP contribution in [-0.4, -0.2) is 14.4 Å². The zero-order valence-electron chi connectivity index (χ0n) is 11.9. The molecule has 6 heteroatoms. The molecule has 0 aliphatic heterocycles. The van der Waals surface area contributed by atoms with E-state index in [1.807, 2.05) is 10.6 Å². The molecule has 3 aromatic rings. The van der Waals surface area contributed by atoms with E-state index in [2.05, 4.69) is 51.9 Å². The van der Waals surface area contributed by atoms with Crippen LogP contribution in [-0.2, 0) is 13.0 Å². The van der Waals surface area contributed by atoms with Gasteiger partial charge in [-0.2, -0.15) is 0 Å². The Balaban J connectivity index is 1.81. The minimum absolute atomic E-state index is 0.587. The number of imidazole rings is 1. The monoisotopic (exact) mass is 282 g/mol. The van der Waals surface area contributed by atoms with Crippen LogP contribution in [0.4, 0.5) is 11.6 Å². The number of nitrogen functional groups attached to an aromatic ring is 1. The highest BCUT2D eigenvalue weighted by molar-refractivity contribution is 5.65. The quantitative estimate of drug-likeness (QED) is 0.494. The minimum Gasteiger partial charge on any atom is -0.363 e. The molecular weight excluding hydrogens is 264 g/mol. The van der Waals surface area contributed by atoms with Gasteiger partial charge in [0.1, 0.15) is 0 Å². The van der Waals surface area contributed by atoms with Crippen LogP contribution in [0, 0.1) is 0 Å². The largest absolute Gasteiger partial charge is 0.363 e. The Morgan fingerprint density at radius 3 is 2.67 bits per heavy atom. The number of hydrazine groups is 1. The van der Waals surface area contributed by atoms with Gasteiger partial charge in [-0.05, 0) is 17.5 Å². The van der Waals surface area contributed by atoms with Gasteiger partial charge in [-0.15, -0.1) is 0 Å². The second-order valence-corrected chi connectivity index (χ2v) is 4.80. The molecule has 0 atom stereocenters. The van der Waals surface area contributed by atoms with Crippen molar-refractivity contribution in [1.29, 1.82) is 0 Å². The molecule has 0 amide bonds. The third-order valence-electron chi connectivity index (χ3n) is 3.41. The molecule has 0 fully saturated rings. The van der Waals surface area contributed by atoms with Crippen molar-refractivity contribution >= 4 is 17.3 Å². The fraction of sp³-hybridized carbons (Fsp3) is 0.200. The molecule has 0 aliphatic carbocycles. The maximum Gasteiger partial charge on any atom is 0.180 e. The lowest BCUT2D eigenvalue weighted by Gasteiger charge is -2.09. The van der Waals surface area contributed by atoms with Gasteiger partial charge >= 0.3 is 0 Å². The second-order valence-electron chi connectivity index (χ2n) is 4.80. The second kappa shape index (κ2) is 5.80. The maximum absolute atomic E-state index is 5.44. The molecule has 0 bridgehead atoms. The van der Waals surface area contributed by atoms with E-state index < -0.39 is 0 Å². The smallest absolute Gasteiger partial charge is 0.180 e. The average Bonchev–Trinajstić information content (AvgIpc) is 3.01. The van der Waals surface area contributed by atoms with Crippen molar-refractivity contribution in [3.8, 4) is 0 Å². The summed E-state index contributed by atoms with van der Waals surface area (Å²) in [7, 11) is 0. The molecule has 0 unspecified atom stereocenters. The summed E-state index contributed by atoms with van der Waals surface area (Å²) < 4.78 is 1.88. The number of rotatable bonds is 5. The van der Waals surface area contributed by atoms with Crippen molar-refractivity contribution in [3.63, 3.8) is 0 Å². The summed E-state index contributed by atoms with van der Waals surface area (Å²) in [5, 5.41) is 3.31. The van der Waals surface area contributed by atoms with Gasteiger partial charge < -0.3 is 15.1 Å². The van der Waals surface area contributed by atoms with Crippen molar-refractivity contribution < 1.29 is 0 Å². The molecular formula is C15H18N6. The molecule has 2 heterocycles. The topological polar surface area (TPSA) is 80.3 Å². The SMILES string of the molecule is CCc1ccc(CNc2nc(NN)cn3ccnc23)cc1. The molecule has 0 saturated carbocycles. The van der Waals surface area contributed by atoms with E-state index in [1.165, 1.54) is 11.1 Å². The summed E-state index contributed by atoms with van der Waals surface area (Å²) >= 11 is 0. The third kappa shape index (κ3) is 2.80. The van der Waals surface area contributed by atoms with Crippen LogP contribution in [0.3, 0.4) is 0 Å². The Morgan fingerprint density at radius 1 is 1.19 bits per heavy atom. The van der Waals surface area contributed by atoms with Crippen LogP contribution >= 0.6 is 0 Å². The Bertz CT molecular complexity index is 732. The van der Waals surface area contributed by atoms with Crippen LogP contribution in [0.25, 0.3) is 5.65 Å². The van der Waals surface area contributed by atoms with Crippen LogP contribution in [0.5, 0.6) is 0 Å². The lowest BCUT2D eigenvalue weighted by molar-refractivity contribution is 1.06. The standard InChI is InChI=1S/C15H18N6/c1-2-11-3-5-12(6-4-11)9-18-14-15-17-7-8-21(15)10-13(19-14)20-16/h3-8,10,20H,2,9,16H2,1H3,(H,18,19). The highest BCUT2D eigenvalue weighted by atomic mass is 15.3. The molecule has 3 rings (SSSR count). The molecule has 4 N–H and O–H groups in total. The first kappa shape index (κ1) is 13.4. The number of nitrogens with one attached hydrogen (secondary N) is 2. The summed E-state index contributed by atoms with van der Waals surface area (Å²) in [6.45, 7) is 2.84. The summed E-state index contributed by atoms with van der Waals surface area (Å²) in [6.07, 6.45) is 6.44. The van der Waals surface area contributed by atoms with E-state index in [0.717, 1.165) is 12.1 Å². The zero-order chi connectivity index (χ0) is 14.7. The zero-order valence-corrected chi connectivity index (χ0v) is 11.9. The molecule has 1 aromatic carbocycles. The van der Waals surface area contributed by atoms with Gasteiger partial charge in [-0.25, -0.2) is 15.8 Å². The summed E-state index contributed by atoms with van der Waals surface area (Å²) in [5.41, 5.74) is 5.87. The van der Waals surface area contributed by atoms with E-state index >= 15 is 0 Å². The number of benzene rings is 1. The van der Waals surface area contributed by atoms with Gasteiger partial charge in [0.25, 0.3) is 0 Å². The Labute approximate surface area is 123 Å². The van der Waals surface area contributed by atoms with Gasteiger partial charge in [0.15, 0.2) is 17.3 Å². The van der Waals surface area contributed by atoms with Crippen LogP contribution in [0.2, 0.25) is 0 Å². The number of hydrogen-bond acceptors (Lipinski definition) is 5. The summed E-state index contributed by atoms with van der Waals surface area (Å²) in [6, 6.07) is 8.54. The molecule has 0 aliphatic rings. The average molecular weight is 282 g/mol. The number of anilines is 2. The van der Waals surface area contributed by atoms with E-state index in [0.29, 0.717) is 18.2 Å². The molecule has 21 heavy (non-hydrogen) atoms. The van der Waals surface area contributed by atoms with Gasteiger partial charge in [0.2, 0.25) is 0 Å². The fourth-order valence-electron chi connectivity index (χ4n) is 2.20. The Kier molecular flexibility index (Phi) is 3.70. The van der Waals surface area contributed by atoms with Gasteiger partial charge in [0.05, 0.1) is 6.20 Å². The van der Waals surface area contributed by atoms with Crippen molar-refractivity contribution in [2.75, 3.05) is 10.7 Å². The van der Waals surface area contributed by atoms with E-state index in [-0.39, 0.29) is 0 Å². The Morgan fingerprint density at radius 2 is 1.95 bits per heavy atom. The third-order valence-corrected chi connectivity index (χ3v) is 3.41. The number of nitrogens with two attached hydrogens (primary N) is 1. The number of fused-ring (bicyclic) bond motifs is 1. The van der Waals surface area contributed by atoms with E-state index in [4.69, 9.17) is 5.84 Å². The maximum atomic E-state index is 5.44. The molecule has 0 radical (unpaired) electrons. The number of nitrogens with zero attached hydrogens (tertiary/aromatic N) is 3. The van der Waals surface area contributed by atoms with Crippen LogP contribution < -0.4 is 16.6 Å². The minimum atomic E-state index is 0.587. The summed E-state index contributed by atoms with van der Waals surface area (Å²) in [5.74, 6) is 6.73. The number of hydrogen-bond donors (Lipinski definition) is 3. The Hall–Kier alpha value is -2.60. The highest BCUT2D eigenvalue weighted by Gasteiger charge is 2.06. The van der Waals surface area contributed by atoms with Gasteiger partial charge in [0, 0.05) is 18.9 Å². The molecule has 6 nitrogen and oxygen atoms in total. The van der Waals surface area contributed by atoms with Crippen molar-refractivity contribution in [2.24, 2.45) is 5.84 Å². The van der Waals surface area contributed by atoms with Crippen LogP contribution in [0.1, 0.15) is 18.1 Å². The first-order valence-electron chi connectivity index (χ1n) is 6.92. The van der Waals surface area contributed by atoms with E-state index in [9.17, 15) is 0 Å². The molecule has 108 valence electrons. The van der Waals surface area contributed by atoms with E-state index in [1.54, 1.807) is 12.4 Å². The lowest BCUT2D eigenvalue weighted by atomic mass is 10.1. The van der Waals surface area contributed by atoms with Crippen molar-refractivity contribution in [3.05, 3.63) is 54.0 Å². The molecule has 0 spiro atoms. The van der Waals surface area contributed by atoms with Gasteiger partial charge in [-0.3, -0.25) is 0 Å². The first-order chi connectivity index (χ1) is 10.3. The van der Waals surface area contributed by atoms with Crippen molar-refractivity contribution in [1.82, 2.24) is 14.4 Å². The number of aromatic nitrogens is 3.